The summed E-state index contributed by atoms with van der Waals surface area (Å²) in [6.45, 7) is 2.10. The largest absolute Gasteiger partial charge is 0.469 e. The van der Waals surface area contributed by atoms with Crippen molar-refractivity contribution in [2.24, 2.45) is 5.41 Å². The van der Waals surface area contributed by atoms with Crippen LogP contribution in [0.4, 0.5) is 5.82 Å². The molecule has 1 aliphatic carbocycles. The fourth-order valence-corrected chi connectivity index (χ4v) is 3.57. The SMILES string of the molecule is CCc1c(NC)ncnc1SCC1(CC(=O)OC)CC1. The Hall–Kier alpha value is -1.30. The van der Waals surface area contributed by atoms with Crippen molar-refractivity contribution in [3.63, 3.8) is 0 Å². The van der Waals surface area contributed by atoms with E-state index in [4.69, 9.17) is 4.74 Å². The second-order valence-corrected chi connectivity index (χ2v) is 6.12. The Balaban J connectivity index is 2.02. The van der Waals surface area contributed by atoms with Crippen LogP contribution in [0.5, 0.6) is 0 Å². The van der Waals surface area contributed by atoms with Crippen LogP contribution in [0.2, 0.25) is 0 Å². The summed E-state index contributed by atoms with van der Waals surface area (Å²) in [6.07, 6.45) is 5.19. The van der Waals surface area contributed by atoms with Gasteiger partial charge in [-0.1, -0.05) is 6.92 Å². The van der Waals surface area contributed by atoms with E-state index in [1.54, 1.807) is 18.1 Å². The number of rotatable bonds is 7. The van der Waals surface area contributed by atoms with Crippen LogP contribution in [0, 0.1) is 5.41 Å². The number of carbonyl (C=O) groups excluding carboxylic acids is 1. The first-order chi connectivity index (χ1) is 9.64. The molecule has 0 spiro atoms. The molecule has 1 fully saturated rings. The number of anilines is 1. The van der Waals surface area contributed by atoms with Gasteiger partial charge < -0.3 is 10.1 Å². The highest BCUT2D eigenvalue weighted by molar-refractivity contribution is 7.99. The molecule has 1 heterocycles. The maximum absolute atomic E-state index is 11.4. The Morgan fingerprint density at radius 3 is 2.80 bits per heavy atom. The predicted molar refractivity (Wildman–Crippen MR) is 80.0 cm³/mol. The Morgan fingerprint density at radius 2 is 2.25 bits per heavy atom. The number of hydrogen-bond acceptors (Lipinski definition) is 6. The van der Waals surface area contributed by atoms with Crippen molar-refractivity contribution in [1.29, 1.82) is 0 Å². The number of aromatic nitrogens is 2. The molecular weight excluding hydrogens is 274 g/mol. The van der Waals surface area contributed by atoms with Crippen LogP contribution in [-0.4, -0.2) is 35.8 Å². The minimum Gasteiger partial charge on any atom is -0.469 e. The third-order valence-corrected chi connectivity index (χ3v) is 5.10. The normalized spacial score (nSPS) is 15.8. The number of thioether (sulfide) groups is 1. The highest BCUT2D eigenvalue weighted by atomic mass is 32.2. The van der Waals surface area contributed by atoms with Gasteiger partial charge in [-0.3, -0.25) is 4.79 Å². The highest BCUT2D eigenvalue weighted by Crippen LogP contribution is 2.52. The Labute approximate surface area is 123 Å². The maximum atomic E-state index is 11.4. The van der Waals surface area contributed by atoms with E-state index in [1.165, 1.54) is 7.11 Å². The lowest BCUT2D eigenvalue weighted by Gasteiger charge is -2.15. The molecular formula is C14H21N3O2S. The van der Waals surface area contributed by atoms with Gasteiger partial charge in [-0.2, -0.15) is 0 Å². The fourth-order valence-electron chi connectivity index (χ4n) is 2.20. The predicted octanol–water partition coefficient (Wildman–Crippen LogP) is 2.52. The monoisotopic (exact) mass is 295 g/mol. The van der Waals surface area contributed by atoms with E-state index in [0.29, 0.717) is 6.42 Å². The van der Waals surface area contributed by atoms with E-state index < -0.39 is 0 Å². The van der Waals surface area contributed by atoms with Crippen LogP contribution in [0.1, 0.15) is 31.7 Å². The van der Waals surface area contributed by atoms with Crippen LogP contribution in [0.3, 0.4) is 0 Å². The van der Waals surface area contributed by atoms with Gasteiger partial charge in [-0.05, 0) is 24.7 Å². The molecule has 0 aliphatic heterocycles. The number of ether oxygens (including phenoxy) is 1. The van der Waals surface area contributed by atoms with E-state index in [0.717, 1.165) is 41.4 Å². The van der Waals surface area contributed by atoms with Gasteiger partial charge >= 0.3 is 5.97 Å². The number of carbonyl (C=O) groups is 1. The summed E-state index contributed by atoms with van der Waals surface area (Å²) in [6, 6.07) is 0. The van der Waals surface area contributed by atoms with Crippen molar-refractivity contribution in [3.8, 4) is 0 Å². The quantitative estimate of drug-likeness (QED) is 0.474. The van der Waals surface area contributed by atoms with Crippen LogP contribution in [0.15, 0.2) is 11.4 Å². The first-order valence-electron chi connectivity index (χ1n) is 6.85. The molecule has 6 heteroatoms. The zero-order chi connectivity index (χ0) is 14.6. The summed E-state index contributed by atoms with van der Waals surface area (Å²) in [7, 11) is 3.32. The van der Waals surface area contributed by atoms with Crippen LogP contribution in [0.25, 0.3) is 0 Å². The molecule has 20 heavy (non-hydrogen) atoms. The second kappa shape index (κ2) is 6.43. The van der Waals surface area contributed by atoms with E-state index >= 15 is 0 Å². The first-order valence-corrected chi connectivity index (χ1v) is 7.84. The molecule has 0 unspecified atom stereocenters. The second-order valence-electron chi connectivity index (χ2n) is 5.15. The molecule has 1 saturated carbocycles. The lowest BCUT2D eigenvalue weighted by atomic mass is 10.1. The maximum Gasteiger partial charge on any atom is 0.306 e. The fraction of sp³-hybridized carbons (Fsp3) is 0.643. The lowest BCUT2D eigenvalue weighted by Crippen LogP contribution is -2.13. The van der Waals surface area contributed by atoms with Gasteiger partial charge in [0.25, 0.3) is 0 Å². The third-order valence-electron chi connectivity index (χ3n) is 3.72. The van der Waals surface area contributed by atoms with E-state index in [9.17, 15) is 4.79 Å². The number of nitrogens with one attached hydrogen (secondary N) is 1. The van der Waals surface area contributed by atoms with Gasteiger partial charge in [-0.15, -0.1) is 11.8 Å². The van der Waals surface area contributed by atoms with Crippen molar-refractivity contribution in [3.05, 3.63) is 11.9 Å². The van der Waals surface area contributed by atoms with E-state index in [1.807, 2.05) is 7.05 Å². The molecule has 0 radical (unpaired) electrons. The molecule has 0 aromatic carbocycles. The zero-order valence-electron chi connectivity index (χ0n) is 12.2. The molecule has 1 aromatic rings. The van der Waals surface area contributed by atoms with Crippen LogP contribution < -0.4 is 5.32 Å². The smallest absolute Gasteiger partial charge is 0.306 e. The topological polar surface area (TPSA) is 64.1 Å². The summed E-state index contributed by atoms with van der Waals surface area (Å²) in [5.74, 6) is 1.69. The average molecular weight is 295 g/mol. The number of nitrogens with zero attached hydrogens (tertiary/aromatic N) is 2. The van der Waals surface area contributed by atoms with Gasteiger partial charge in [-0.25, -0.2) is 9.97 Å². The van der Waals surface area contributed by atoms with Gasteiger partial charge in [0.05, 0.1) is 13.5 Å². The summed E-state index contributed by atoms with van der Waals surface area (Å²) in [5, 5.41) is 4.12. The lowest BCUT2D eigenvalue weighted by molar-refractivity contribution is -0.141. The summed E-state index contributed by atoms with van der Waals surface area (Å²) < 4.78 is 4.78. The molecule has 110 valence electrons. The minimum absolute atomic E-state index is 0.114. The standard InChI is InChI=1S/C14H21N3O2S/c1-4-10-12(15-2)16-9-17-13(10)20-8-14(5-6-14)7-11(18)19-3/h9H,4-8H2,1-3H3,(H,15,16,17). The highest BCUT2D eigenvalue weighted by Gasteiger charge is 2.44. The third kappa shape index (κ3) is 3.42. The molecule has 2 rings (SSSR count). The molecule has 0 saturated heterocycles. The Morgan fingerprint density at radius 1 is 1.50 bits per heavy atom. The van der Waals surface area contributed by atoms with Gasteiger partial charge in [0, 0.05) is 18.4 Å². The van der Waals surface area contributed by atoms with Crippen molar-refractivity contribution < 1.29 is 9.53 Å². The van der Waals surface area contributed by atoms with Gasteiger partial charge in [0.1, 0.15) is 17.2 Å². The number of esters is 1. The molecule has 1 aromatic heterocycles. The molecule has 1 N–H and O–H groups in total. The Kier molecular flexibility index (Phi) is 4.86. The van der Waals surface area contributed by atoms with Crippen LogP contribution >= 0.6 is 11.8 Å². The average Bonchev–Trinajstić information content (AvgIpc) is 3.24. The van der Waals surface area contributed by atoms with Gasteiger partial charge in [0.2, 0.25) is 0 Å². The number of hydrogen-bond donors (Lipinski definition) is 1. The van der Waals surface area contributed by atoms with Crippen molar-refractivity contribution in [2.45, 2.75) is 37.6 Å². The molecule has 1 aliphatic rings. The first kappa shape index (κ1) is 15.1. The molecule has 0 bridgehead atoms. The summed E-state index contributed by atoms with van der Waals surface area (Å²) in [4.78, 5) is 20.1. The zero-order valence-corrected chi connectivity index (χ0v) is 13.0. The molecule has 5 nitrogen and oxygen atoms in total. The summed E-state index contributed by atoms with van der Waals surface area (Å²) >= 11 is 1.72. The number of methoxy groups -OCH3 is 1. The Bertz CT molecular complexity index is 489. The molecule has 0 amide bonds. The van der Waals surface area contributed by atoms with Crippen molar-refractivity contribution in [2.75, 3.05) is 25.2 Å². The van der Waals surface area contributed by atoms with E-state index in [2.05, 4.69) is 22.2 Å². The summed E-state index contributed by atoms with van der Waals surface area (Å²) in [5.41, 5.74) is 1.27. The molecule has 0 atom stereocenters. The van der Waals surface area contributed by atoms with Crippen molar-refractivity contribution >= 4 is 23.5 Å². The van der Waals surface area contributed by atoms with Crippen molar-refractivity contribution in [1.82, 2.24) is 9.97 Å². The van der Waals surface area contributed by atoms with E-state index in [-0.39, 0.29) is 11.4 Å². The van der Waals surface area contributed by atoms with Gasteiger partial charge in [0.15, 0.2) is 0 Å². The van der Waals surface area contributed by atoms with Crippen LogP contribution in [-0.2, 0) is 16.0 Å². The minimum atomic E-state index is -0.114.